The first kappa shape index (κ1) is 7.63. The lowest BCUT2D eigenvalue weighted by Gasteiger charge is -2.17. The number of hydrogen-bond acceptors (Lipinski definition) is 4. The van der Waals surface area contributed by atoms with Crippen LogP contribution in [0.3, 0.4) is 0 Å². The van der Waals surface area contributed by atoms with Crippen molar-refractivity contribution < 1.29 is 4.79 Å². The fourth-order valence-corrected chi connectivity index (χ4v) is 1.28. The Hall–Kier alpha value is -0.480. The van der Waals surface area contributed by atoms with Crippen LogP contribution in [-0.2, 0) is 4.79 Å². The topological polar surface area (TPSA) is 32.3 Å². The molecule has 10 heavy (non-hydrogen) atoms. The Morgan fingerprint density at radius 1 is 1.90 bits per heavy atom. The minimum atomic E-state index is -0.219. The molecule has 1 atom stereocenters. The average Bonchev–Trinajstić information content (AvgIpc) is 2.40. The highest BCUT2D eigenvalue weighted by Gasteiger charge is 2.07. The Balaban J connectivity index is 2.24. The van der Waals surface area contributed by atoms with Gasteiger partial charge in [-0.3, -0.25) is 4.79 Å². The van der Waals surface area contributed by atoms with E-state index in [2.05, 4.69) is 5.43 Å². The molecule has 0 aliphatic carbocycles. The largest absolute Gasteiger partial charge is 0.304 e. The van der Waals surface area contributed by atoms with Crippen LogP contribution < -0.4 is 5.43 Å². The van der Waals surface area contributed by atoms with Gasteiger partial charge in [-0.1, -0.05) is 0 Å². The summed E-state index contributed by atoms with van der Waals surface area (Å²) >= 11 is 1.69. The number of hydrogen-bond donors (Lipinski definition) is 1. The van der Waals surface area contributed by atoms with Crippen molar-refractivity contribution in [2.45, 2.75) is 13.0 Å². The highest BCUT2D eigenvalue weighted by atomic mass is 32.2. The summed E-state index contributed by atoms with van der Waals surface area (Å²) in [5, 5.41) is 3.84. The van der Waals surface area contributed by atoms with Crippen LogP contribution in [0.4, 0.5) is 0 Å². The molecule has 1 radical (unpaired) electrons. The normalized spacial score (nSPS) is 19.5. The molecule has 0 aromatic heterocycles. The predicted octanol–water partition coefficient (Wildman–Crippen LogP) is 0.467. The lowest BCUT2D eigenvalue weighted by Crippen LogP contribution is -2.39. The molecular formula is C6H9N2OS. The second-order valence-corrected chi connectivity index (χ2v) is 2.88. The molecule has 1 aliphatic rings. The molecule has 0 spiro atoms. The van der Waals surface area contributed by atoms with Crippen LogP contribution in [0, 0.1) is 0 Å². The van der Waals surface area contributed by atoms with Gasteiger partial charge in [0.05, 0.1) is 11.9 Å². The van der Waals surface area contributed by atoms with Gasteiger partial charge in [-0.15, -0.1) is 11.8 Å². The molecule has 0 fully saturated rings. The van der Waals surface area contributed by atoms with E-state index in [0.717, 1.165) is 5.88 Å². The Bertz CT molecular complexity index is 149. The van der Waals surface area contributed by atoms with Crippen molar-refractivity contribution in [1.29, 1.82) is 0 Å². The van der Waals surface area contributed by atoms with Gasteiger partial charge in [-0.25, -0.2) is 5.43 Å². The average molecular weight is 157 g/mol. The van der Waals surface area contributed by atoms with Gasteiger partial charge >= 0.3 is 0 Å². The third-order valence-electron chi connectivity index (χ3n) is 1.09. The molecule has 1 heterocycles. The van der Waals surface area contributed by atoms with E-state index in [-0.39, 0.29) is 6.04 Å². The van der Waals surface area contributed by atoms with E-state index in [9.17, 15) is 4.79 Å². The van der Waals surface area contributed by atoms with Gasteiger partial charge in [-0.05, 0) is 12.3 Å². The molecule has 0 amide bonds. The molecular weight excluding hydrogens is 148 g/mol. The van der Waals surface area contributed by atoms with Crippen LogP contribution in [0.2, 0.25) is 0 Å². The van der Waals surface area contributed by atoms with Crippen molar-refractivity contribution >= 4 is 18.0 Å². The zero-order chi connectivity index (χ0) is 7.40. The zero-order valence-corrected chi connectivity index (χ0v) is 6.52. The van der Waals surface area contributed by atoms with Crippen molar-refractivity contribution in [3.05, 3.63) is 11.6 Å². The van der Waals surface area contributed by atoms with Crippen molar-refractivity contribution in [2.24, 2.45) is 0 Å². The summed E-state index contributed by atoms with van der Waals surface area (Å²) in [5.74, 6) is 0.867. The van der Waals surface area contributed by atoms with Crippen molar-refractivity contribution in [3.63, 3.8) is 0 Å². The van der Waals surface area contributed by atoms with Gasteiger partial charge in [0.2, 0.25) is 6.29 Å². The maximum Gasteiger partial charge on any atom is 0.218 e. The SMILES string of the molecule is CC([C]=O)NN1C=CSC1. The van der Waals surface area contributed by atoms with Crippen LogP contribution in [0.5, 0.6) is 0 Å². The fraction of sp³-hybridized carbons (Fsp3) is 0.500. The van der Waals surface area contributed by atoms with Crippen LogP contribution in [-0.4, -0.2) is 23.2 Å². The molecule has 3 nitrogen and oxygen atoms in total. The summed E-state index contributed by atoms with van der Waals surface area (Å²) in [4.78, 5) is 10.0. The molecule has 1 unspecified atom stereocenters. The van der Waals surface area contributed by atoms with Crippen LogP contribution in [0.15, 0.2) is 11.6 Å². The van der Waals surface area contributed by atoms with Crippen LogP contribution >= 0.6 is 11.8 Å². The zero-order valence-electron chi connectivity index (χ0n) is 5.70. The number of hydrazine groups is 1. The van der Waals surface area contributed by atoms with E-state index >= 15 is 0 Å². The number of rotatable bonds is 3. The molecule has 1 N–H and O–H groups in total. The van der Waals surface area contributed by atoms with Gasteiger partial charge < -0.3 is 5.01 Å². The predicted molar refractivity (Wildman–Crippen MR) is 41.7 cm³/mol. The lowest BCUT2D eigenvalue weighted by molar-refractivity contribution is 0.303. The van der Waals surface area contributed by atoms with E-state index < -0.39 is 0 Å². The van der Waals surface area contributed by atoms with Crippen molar-refractivity contribution in [1.82, 2.24) is 10.4 Å². The third kappa shape index (κ3) is 2.04. The first-order chi connectivity index (χ1) is 4.83. The number of nitrogens with zero attached hydrogens (tertiary/aromatic N) is 1. The first-order valence-corrected chi connectivity index (χ1v) is 4.06. The summed E-state index contributed by atoms with van der Waals surface area (Å²) in [6, 6.07) is -0.219. The highest BCUT2D eigenvalue weighted by molar-refractivity contribution is 8.02. The van der Waals surface area contributed by atoms with E-state index in [4.69, 9.17) is 0 Å². The Morgan fingerprint density at radius 2 is 2.70 bits per heavy atom. The summed E-state index contributed by atoms with van der Waals surface area (Å²) in [6.07, 6.45) is 3.75. The standard InChI is InChI=1S/C6H9N2OS/c1-6(4-9)7-8-2-3-10-5-8/h2-3,6-7H,5H2,1H3. The van der Waals surface area contributed by atoms with Crippen LogP contribution in [0.25, 0.3) is 0 Å². The summed E-state index contributed by atoms with van der Waals surface area (Å²) in [6.45, 7) is 1.77. The van der Waals surface area contributed by atoms with Gasteiger partial charge in [0.25, 0.3) is 0 Å². The molecule has 0 aromatic carbocycles. The Morgan fingerprint density at radius 3 is 3.20 bits per heavy atom. The van der Waals surface area contributed by atoms with E-state index in [1.165, 1.54) is 0 Å². The minimum Gasteiger partial charge on any atom is -0.304 e. The Labute approximate surface area is 64.4 Å². The monoisotopic (exact) mass is 157 g/mol. The maximum absolute atomic E-state index is 10.0. The number of thioether (sulfide) groups is 1. The number of carbonyl (C=O) groups excluding carboxylic acids is 1. The van der Waals surface area contributed by atoms with Crippen molar-refractivity contribution in [3.8, 4) is 0 Å². The second kappa shape index (κ2) is 3.63. The lowest BCUT2D eigenvalue weighted by atomic mass is 10.4. The first-order valence-electron chi connectivity index (χ1n) is 3.01. The highest BCUT2D eigenvalue weighted by Crippen LogP contribution is 2.12. The van der Waals surface area contributed by atoms with E-state index in [1.807, 2.05) is 22.9 Å². The fourth-order valence-electron chi connectivity index (χ4n) is 0.638. The second-order valence-electron chi connectivity index (χ2n) is 2.02. The minimum absolute atomic E-state index is 0.219. The summed E-state index contributed by atoms with van der Waals surface area (Å²) < 4.78 is 0. The molecule has 1 rings (SSSR count). The maximum atomic E-state index is 10.0. The molecule has 1 aliphatic heterocycles. The quantitative estimate of drug-likeness (QED) is 0.645. The van der Waals surface area contributed by atoms with E-state index in [0.29, 0.717) is 0 Å². The van der Waals surface area contributed by atoms with Gasteiger partial charge in [0, 0.05) is 6.20 Å². The van der Waals surface area contributed by atoms with E-state index in [1.54, 1.807) is 18.7 Å². The third-order valence-corrected chi connectivity index (χ3v) is 1.83. The Kier molecular flexibility index (Phi) is 2.77. The molecule has 0 saturated heterocycles. The van der Waals surface area contributed by atoms with Gasteiger partial charge in [0.15, 0.2) is 0 Å². The van der Waals surface area contributed by atoms with Gasteiger partial charge in [0.1, 0.15) is 0 Å². The molecule has 55 valence electrons. The summed E-state index contributed by atoms with van der Waals surface area (Å²) in [5.41, 5.74) is 2.93. The molecule has 4 heteroatoms. The van der Waals surface area contributed by atoms with Crippen LogP contribution in [0.1, 0.15) is 6.92 Å². The van der Waals surface area contributed by atoms with Crippen molar-refractivity contribution in [2.75, 3.05) is 5.88 Å². The van der Waals surface area contributed by atoms with Gasteiger partial charge in [-0.2, -0.15) is 0 Å². The molecule has 0 aromatic rings. The summed E-state index contributed by atoms with van der Waals surface area (Å²) in [7, 11) is 0. The molecule has 0 bridgehead atoms. The smallest absolute Gasteiger partial charge is 0.218 e. The molecule has 0 saturated carbocycles. The number of nitrogens with one attached hydrogen (secondary N) is 1.